The first-order valence-corrected chi connectivity index (χ1v) is 7.99. The van der Waals surface area contributed by atoms with Crippen LogP contribution in [-0.2, 0) is 11.3 Å². The van der Waals surface area contributed by atoms with Gasteiger partial charge in [0.15, 0.2) is 0 Å². The highest BCUT2D eigenvalue weighted by atomic mass is 32.2. The molecular weight excluding hydrogens is 280 g/mol. The van der Waals surface area contributed by atoms with Gasteiger partial charge >= 0.3 is 0 Å². The monoisotopic (exact) mass is 300 g/mol. The van der Waals surface area contributed by atoms with Crippen molar-refractivity contribution in [3.63, 3.8) is 0 Å². The van der Waals surface area contributed by atoms with E-state index in [9.17, 15) is 4.79 Å². The van der Waals surface area contributed by atoms with Crippen molar-refractivity contribution in [3.05, 3.63) is 59.4 Å². The predicted molar refractivity (Wildman–Crippen MR) is 87.3 cm³/mol. The van der Waals surface area contributed by atoms with E-state index >= 15 is 0 Å². The Kier molecular flexibility index (Phi) is 5.81. The number of pyridine rings is 1. The zero-order valence-corrected chi connectivity index (χ0v) is 13.2. The van der Waals surface area contributed by atoms with Crippen molar-refractivity contribution >= 4 is 17.7 Å². The fraction of sp³-hybridized carbons (Fsp3) is 0.294. The minimum atomic E-state index is 0.0862. The van der Waals surface area contributed by atoms with E-state index in [1.54, 1.807) is 24.2 Å². The van der Waals surface area contributed by atoms with Gasteiger partial charge in [0.1, 0.15) is 0 Å². The fourth-order valence-corrected chi connectivity index (χ4v) is 2.80. The number of thioether (sulfide) groups is 1. The molecule has 0 atom stereocenters. The van der Waals surface area contributed by atoms with Crippen molar-refractivity contribution in [2.45, 2.75) is 31.7 Å². The first-order valence-electron chi connectivity index (χ1n) is 7.01. The third kappa shape index (κ3) is 5.23. The topological polar surface area (TPSA) is 42.0 Å². The minimum absolute atomic E-state index is 0.0862. The molecule has 110 valence electrons. The van der Waals surface area contributed by atoms with Gasteiger partial charge < -0.3 is 5.32 Å². The summed E-state index contributed by atoms with van der Waals surface area (Å²) in [4.78, 5) is 17.0. The third-order valence-corrected chi connectivity index (χ3v) is 4.31. The van der Waals surface area contributed by atoms with Gasteiger partial charge in [0.05, 0.1) is 0 Å². The maximum atomic E-state index is 11.8. The number of aromatic nitrogens is 1. The second-order valence-corrected chi connectivity index (χ2v) is 6.15. The van der Waals surface area contributed by atoms with Crippen molar-refractivity contribution in [3.8, 4) is 0 Å². The molecule has 0 saturated carbocycles. The largest absolute Gasteiger partial charge is 0.352 e. The van der Waals surface area contributed by atoms with Crippen molar-refractivity contribution in [2.75, 3.05) is 5.75 Å². The number of hydrogen-bond acceptors (Lipinski definition) is 3. The van der Waals surface area contributed by atoms with Crippen LogP contribution in [0.25, 0.3) is 0 Å². The molecule has 2 rings (SSSR count). The van der Waals surface area contributed by atoms with Crippen LogP contribution in [0.3, 0.4) is 0 Å². The summed E-state index contributed by atoms with van der Waals surface area (Å²) in [6.45, 7) is 4.78. The average Bonchev–Trinajstić information content (AvgIpc) is 2.50. The van der Waals surface area contributed by atoms with Gasteiger partial charge in [-0.25, -0.2) is 0 Å². The highest BCUT2D eigenvalue weighted by molar-refractivity contribution is 7.99. The lowest BCUT2D eigenvalue weighted by atomic mass is 10.1. The molecule has 0 aliphatic rings. The Bertz CT molecular complexity index is 599. The summed E-state index contributed by atoms with van der Waals surface area (Å²) in [7, 11) is 0. The van der Waals surface area contributed by atoms with Crippen molar-refractivity contribution < 1.29 is 4.79 Å². The molecule has 0 radical (unpaired) electrons. The molecule has 0 aliphatic carbocycles. The lowest BCUT2D eigenvalue weighted by Gasteiger charge is -2.06. The number of amides is 1. The lowest BCUT2D eigenvalue weighted by Crippen LogP contribution is -2.22. The maximum absolute atomic E-state index is 11.8. The number of nitrogens with zero attached hydrogens (tertiary/aromatic N) is 1. The Morgan fingerprint density at radius 3 is 2.62 bits per heavy atom. The number of nitrogens with one attached hydrogen (secondary N) is 1. The molecule has 1 aromatic carbocycles. The van der Waals surface area contributed by atoms with E-state index in [-0.39, 0.29) is 5.91 Å². The van der Waals surface area contributed by atoms with Gasteiger partial charge in [-0.15, -0.1) is 11.8 Å². The number of benzene rings is 1. The van der Waals surface area contributed by atoms with E-state index < -0.39 is 0 Å². The first-order chi connectivity index (χ1) is 10.1. The van der Waals surface area contributed by atoms with Crippen LogP contribution in [-0.4, -0.2) is 16.6 Å². The molecule has 0 unspecified atom stereocenters. The van der Waals surface area contributed by atoms with E-state index in [1.807, 2.05) is 12.1 Å². The molecule has 0 fully saturated rings. The Morgan fingerprint density at radius 2 is 1.90 bits per heavy atom. The van der Waals surface area contributed by atoms with Crippen molar-refractivity contribution in [2.24, 2.45) is 0 Å². The molecular formula is C17H20N2OS. The fourth-order valence-electron chi connectivity index (χ4n) is 1.85. The summed E-state index contributed by atoms with van der Waals surface area (Å²) < 4.78 is 0. The third-order valence-electron chi connectivity index (χ3n) is 3.32. The molecule has 1 N–H and O–H groups in total. The zero-order chi connectivity index (χ0) is 15.1. The molecule has 0 saturated heterocycles. The Labute approximate surface area is 130 Å². The zero-order valence-electron chi connectivity index (χ0n) is 12.4. The summed E-state index contributed by atoms with van der Waals surface area (Å²) in [5.74, 6) is 0.883. The van der Waals surface area contributed by atoms with Gasteiger partial charge in [-0.1, -0.05) is 6.07 Å². The molecule has 1 amide bonds. The van der Waals surface area contributed by atoms with Gasteiger partial charge in [-0.05, 0) is 54.8 Å². The standard InChI is InChI=1S/C17H20N2OS/c1-13-3-4-16(11-14(13)2)21-10-7-17(20)19-12-15-5-8-18-9-6-15/h3-6,8-9,11H,7,10,12H2,1-2H3,(H,19,20). The highest BCUT2D eigenvalue weighted by Gasteiger charge is 2.03. The number of hydrogen-bond donors (Lipinski definition) is 1. The molecule has 0 aliphatic heterocycles. The summed E-state index contributed by atoms with van der Waals surface area (Å²) >= 11 is 1.72. The van der Waals surface area contributed by atoms with Crippen LogP contribution < -0.4 is 5.32 Å². The van der Waals surface area contributed by atoms with E-state index in [4.69, 9.17) is 0 Å². The summed E-state index contributed by atoms with van der Waals surface area (Å²) in [6.07, 6.45) is 4.00. The number of rotatable bonds is 6. The van der Waals surface area contributed by atoms with Gasteiger partial charge in [0, 0.05) is 36.0 Å². The molecule has 1 aromatic heterocycles. The van der Waals surface area contributed by atoms with Crippen LogP contribution in [0.5, 0.6) is 0 Å². The van der Waals surface area contributed by atoms with Crippen LogP contribution >= 0.6 is 11.8 Å². The number of aryl methyl sites for hydroxylation is 2. The molecule has 4 heteroatoms. The Hall–Kier alpha value is -1.81. The van der Waals surface area contributed by atoms with Crippen LogP contribution in [0.15, 0.2) is 47.6 Å². The first kappa shape index (κ1) is 15.6. The molecule has 21 heavy (non-hydrogen) atoms. The predicted octanol–water partition coefficient (Wildman–Crippen LogP) is 3.50. The minimum Gasteiger partial charge on any atom is -0.352 e. The van der Waals surface area contributed by atoms with Crippen molar-refractivity contribution in [1.29, 1.82) is 0 Å². The SMILES string of the molecule is Cc1ccc(SCCC(=O)NCc2ccncc2)cc1C. The number of carbonyl (C=O) groups excluding carboxylic acids is 1. The summed E-state index contributed by atoms with van der Waals surface area (Å²) in [5, 5.41) is 2.93. The van der Waals surface area contributed by atoms with Gasteiger partial charge in [0.2, 0.25) is 5.91 Å². The van der Waals surface area contributed by atoms with Crippen molar-refractivity contribution in [1.82, 2.24) is 10.3 Å². The molecule has 0 bridgehead atoms. The molecule has 2 aromatic rings. The van der Waals surface area contributed by atoms with E-state index in [1.165, 1.54) is 16.0 Å². The Morgan fingerprint density at radius 1 is 1.14 bits per heavy atom. The smallest absolute Gasteiger partial charge is 0.221 e. The van der Waals surface area contributed by atoms with Gasteiger partial charge in [-0.2, -0.15) is 0 Å². The van der Waals surface area contributed by atoms with Gasteiger partial charge in [0.25, 0.3) is 0 Å². The number of carbonyl (C=O) groups is 1. The Balaban J connectivity index is 1.70. The molecule has 1 heterocycles. The average molecular weight is 300 g/mol. The molecule has 3 nitrogen and oxygen atoms in total. The van der Waals surface area contributed by atoms with E-state index in [0.717, 1.165) is 11.3 Å². The van der Waals surface area contributed by atoms with E-state index in [0.29, 0.717) is 13.0 Å². The van der Waals surface area contributed by atoms with Crippen LogP contribution in [0.4, 0.5) is 0 Å². The summed E-state index contributed by atoms with van der Waals surface area (Å²) in [6, 6.07) is 10.2. The quantitative estimate of drug-likeness (QED) is 0.830. The highest BCUT2D eigenvalue weighted by Crippen LogP contribution is 2.21. The molecule has 0 spiro atoms. The van der Waals surface area contributed by atoms with Gasteiger partial charge in [-0.3, -0.25) is 9.78 Å². The van der Waals surface area contributed by atoms with Crippen LogP contribution in [0.1, 0.15) is 23.1 Å². The normalized spacial score (nSPS) is 10.4. The van der Waals surface area contributed by atoms with Crippen LogP contribution in [0.2, 0.25) is 0 Å². The van der Waals surface area contributed by atoms with E-state index in [2.05, 4.69) is 42.3 Å². The second kappa shape index (κ2) is 7.84. The summed E-state index contributed by atoms with van der Waals surface area (Å²) in [5.41, 5.74) is 3.66. The van der Waals surface area contributed by atoms with Crippen LogP contribution in [0, 0.1) is 13.8 Å². The second-order valence-electron chi connectivity index (χ2n) is 4.98. The maximum Gasteiger partial charge on any atom is 0.221 e. The lowest BCUT2D eigenvalue weighted by molar-refractivity contribution is -0.120.